The molecule has 1 N–H and O–H groups in total. The maximum Gasteiger partial charge on any atom is 0.224 e. The zero-order chi connectivity index (χ0) is 11.5. The normalized spacial score (nSPS) is 10.4. The second-order valence-corrected chi connectivity index (χ2v) is 3.76. The molecule has 0 aliphatic carbocycles. The van der Waals surface area contributed by atoms with Gasteiger partial charge in [0.2, 0.25) is 5.95 Å². The average molecular weight is 238 g/mol. The van der Waals surface area contributed by atoms with Crippen LogP contribution in [0.25, 0.3) is 5.82 Å². The Hall–Kier alpha value is -1.62. The lowest BCUT2D eigenvalue weighted by molar-refractivity contribution is 0.839. The van der Waals surface area contributed by atoms with Crippen LogP contribution < -0.4 is 5.32 Å². The van der Waals surface area contributed by atoms with E-state index in [9.17, 15) is 0 Å². The lowest BCUT2D eigenvalue weighted by Gasteiger charge is -2.06. The highest BCUT2D eigenvalue weighted by molar-refractivity contribution is 6.32. The molecule has 0 atom stereocenters. The Morgan fingerprint density at radius 1 is 1.44 bits per heavy atom. The van der Waals surface area contributed by atoms with E-state index in [2.05, 4.69) is 20.4 Å². The summed E-state index contributed by atoms with van der Waals surface area (Å²) in [6, 6.07) is 0. The van der Waals surface area contributed by atoms with Crippen molar-refractivity contribution >= 4 is 17.5 Å². The predicted molar refractivity (Wildman–Crippen MR) is 63.1 cm³/mol. The van der Waals surface area contributed by atoms with Crippen molar-refractivity contribution in [3.05, 3.63) is 29.2 Å². The van der Waals surface area contributed by atoms with Crippen LogP contribution >= 0.6 is 11.6 Å². The molecule has 2 aromatic heterocycles. The van der Waals surface area contributed by atoms with Crippen molar-refractivity contribution in [2.24, 2.45) is 0 Å². The number of hydrogen-bond donors (Lipinski definition) is 1. The molecule has 6 heteroatoms. The van der Waals surface area contributed by atoms with Gasteiger partial charge in [-0.25, -0.2) is 9.67 Å². The van der Waals surface area contributed by atoms with E-state index in [1.165, 1.54) is 0 Å². The van der Waals surface area contributed by atoms with Crippen LogP contribution in [0.4, 0.5) is 5.95 Å². The highest BCUT2D eigenvalue weighted by atomic mass is 35.5. The molecule has 2 aromatic rings. The fraction of sp³-hybridized carbons (Fsp3) is 0.300. The average Bonchev–Trinajstić information content (AvgIpc) is 2.68. The van der Waals surface area contributed by atoms with Gasteiger partial charge in [-0.1, -0.05) is 11.6 Å². The summed E-state index contributed by atoms with van der Waals surface area (Å²) in [5, 5.41) is 7.67. The third kappa shape index (κ3) is 2.14. The third-order valence-corrected chi connectivity index (χ3v) is 2.26. The van der Waals surface area contributed by atoms with Crippen molar-refractivity contribution in [1.29, 1.82) is 0 Å². The molecule has 0 saturated heterocycles. The Morgan fingerprint density at radius 2 is 2.25 bits per heavy atom. The summed E-state index contributed by atoms with van der Waals surface area (Å²) >= 11 is 6.03. The number of nitrogens with one attached hydrogen (secondary N) is 1. The number of aryl methyl sites for hydroxylation is 1. The van der Waals surface area contributed by atoms with Crippen molar-refractivity contribution in [3.8, 4) is 5.82 Å². The van der Waals surface area contributed by atoms with Crippen molar-refractivity contribution in [2.45, 2.75) is 13.8 Å². The maximum absolute atomic E-state index is 6.03. The Kier molecular flexibility index (Phi) is 3.05. The summed E-state index contributed by atoms with van der Waals surface area (Å²) in [5.41, 5.74) is 1.06. The first-order chi connectivity index (χ1) is 7.70. The zero-order valence-electron chi connectivity index (χ0n) is 9.11. The van der Waals surface area contributed by atoms with Crippen LogP contribution in [-0.4, -0.2) is 26.3 Å². The van der Waals surface area contributed by atoms with Crippen LogP contribution in [0.2, 0.25) is 5.02 Å². The molecule has 2 heterocycles. The summed E-state index contributed by atoms with van der Waals surface area (Å²) < 4.78 is 1.64. The van der Waals surface area contributed by atoms with E-state index in [-0.39, 0.29) is 0 Å². The molecule has 0 aliphatic rings. The SMILES string of the molecule is CCNc1ncc(Cl)c(-n2cc(C)cn2)n1. The highest BCUT2D eigenvalue weighted by Gasteiger charge is 2.07. The van der Waals surface area contributed by atoms with Crippen LogP contribution in [0.5, 0.6) is 0 Å². The highest BCUT2D eigenvalue weighted by Crippen LogP contribution is 2.18. The van der Waals surface area contributed by atoms with E-state index in [0.29, 0.717) is 16.8 Å². The summed E-state index contributed by atoms with van der Waals surface area (Å²) in [6.45, 7) is 4.71. The summed E-state index contributed by atoms with van der Waals surface area (Å²) in [4.78, 5) is 8.36. The maximum atomic E-state index is 6.03. The lowest BCUT2D eigenvalue weighted by atomic mass is 10.4. The fourth-order valence-electron chi connectivity index (χ4n) is 1.29. The quantitative estimate of drug-likeness (QED) is 0.888. The third-order valence-electron chi connectivity index (χ3n) is 1.99. The number of aromatic nitrogens is 4. The van der Waals surface area contributed by atoms with Crippen molar-refractivity contribution in [3.63, 3.8) is 0 Å². The van der Waals surface area contributed by atoms with E-state index < -0.39 is 0 Å². The van der Waals surface area contributed by atoms with E-state index in [1.807, 2.05) is 20.0 Å². The van der Waals surface area contributed by atoms with Crippen molar-refractivity contribution in [2.75, 3.05) is 11.9 Å². The first-order valence-corrected chi connectivity index (χ1v) is 5.36. The van der Waals surface area contributed by atoms with E-state index in [1.54, 1.807) is 17.1 Å². The zero-order valence-corrected chi connectivity index (χ0v) is 9.86. The van der Waals surface area contributed by atoms with Gasteiger partial charge in [0.25, 0.3) is 0 Å². The standard InChI is InChI=1S/C10H12ClN5/c1-3-12-10-13-5-8(11)9(15-10)16-6-7(2)4-14-16/h4-6H,3H2,1-2H3,(H,12,13,15). The summed E-state index contributed by atoms with van der Waals surface area (Å²) in [5.74, 6) is 1.13. The molecule has 0 unspecified atom stereocenters. The van der Waals surface area contributed by atoms with Gasteiger partial charge < -0.3 is 5.32 Å². The van der Waals surface area contributed by atoms with E-state index >= 15 is 0 Å². The molecule has 0 spiro atoms. The van der Waals surface area contributed by atoms with Gasteiger partial charge in [-0.15, -0.1) is 0 Å². The molecular formula is C10H12ClN5. The monoisotopic (exact) mass is 237 g/mol. The van der Waals surface area contributed by atoms with Gasteiger partial charge in [0.15, 0.2) is 5.82 Å². The molecule has 5 nitrogen and oxygen atoms in total. The molecule has 16 heavy (non-hydrogen) atoms. The number of rotatable bonds is 3. The largest absolute Gasteiger partial charge is 0.354 e. The predicted octanol–water partition coefficient (Wildman–Crippen LogP) is 2.06. The van der Waals surface area contributed by atoms with Gasteiger partial charge in [-0.2, -0.15) is 10.1 Å². The van der Waals surface area contributed by atoms with Crippen molar-refractivity contribution < 1.29 is 0 Å². The number of halogens is 1. The van der Waals surface area contributed by atoms with Gasteiger partial charge in [0.05, 0.1) is 12.4 Å². The molecule has 0 amide bonds. The molecule has 0 fully saturated rings. The Labute approximate surface area is 98.5 Å². The number of hydrogen-bond acceptors (Lipinski definition) is 4. The topological polar surface area (TPSA) is 55.6 Å². The minimum atomic E-state index is 0.477. The summed E-state index contributed by atoms with van der Waals surface area (Å²) in [6.07, 6.45) is 5.19. The van der Waals surface area contributed by atoms with Crippen LogP contribution in [0, 0.1) is 6.92 Å². The van der Waals surface area contributed by atoms with Gasteiger partial charge in [-0.05, 0) is 19.4 Å². The van der Waals surface area contributed by atoms with E-state index in [0.717, 1.165) is 12.1 Å². The van der Waals surface area contributed by atoms with Crippen LogP contribution in [0.1, 0.15) is 12.5 Å². The van der Waals surface area contributed by atoms with Crippen LogP contribution in [-0.2, 0) is 0 Å². The molecule has 0 bridgehead atoms. The smallest absolute Gasteiger partial charge is 0.224 e. The van der Waals surface area contributed by atoms with Crippen molar-refractivity contribution in [1.82, 2.24) is 19.7 Å². The lowest BCUT2D eigenvalue weighted by Crippen LogP contribution is -2.06. The van der Waals surface area contributed by atoms with Gasteiger partial charge in [0.1, 0.15) is 5.02 Å². The number of nitrogens with zero attached hydrogens (tertiary/aromatic N) is 4. The molecule has 0 aromatic carbocycles. The molecule has 0 aliphatic heterocycles. The first kappa shape index (κ1) is 10.9. The second-order valence-electron chi connectivity index (χ2n) is 3.36. The minimum Gasteiger partial charge on any atom is -0.354 e. The molecular weight excluding hydrogens is 226 g/mol. The number of anilines is 1. The van der Waals surface area contributed by atoms with Gasteiger partial charge >= 0.3 is 0 Å². The Morgan fingerprint density at radius 3 is 2.88 bits per heavy atom. The fourth-order valence-corrected chi connectivity index (χ4v) is 1.47. The van der Waals surface area contributed by atoms with Crippen LogP contribution in [0.3, 0.4) is 0 Å². The van der Waals surface area contributed by atoms with Gasteiger partial charge in [-0.3, -0.25) is 0 Å². The second kappa shape index (κ2) is 4.49. The Balaban J connectivity index is 2.42. The molecule has 0 radical (unpaired) electrons. The molecule has 2 rings (SSSR count). The van der Waals surface area contributed by atoms with Gasteiger partial charge in [0, 0.05) is 12.7 Å². The molecule has 0 saturated carbocycles. The Bertz CT molecular complexity index is 494. The van der Waals surface area contributed by atoms with Crippen LogP contribution in [0.15, 0.2) is 18.6 Å². The summed E-state index contributed by atoms with van der Waals surface area (Å²) in [7, 11) is 0. The van der Waals surface area contributed by atoms with E-state index in [4.69, 9.17) is 11.6 Å². The first-order valence-electron chi connectivity index (χ1n) is 4.98. The molecule has 84 valence electrons. The minimum absolute atomic E-state index is 0.477.